The molecule has 1 atom stereocenters. The number of ether oxygens (including phenoxy) is 1. The zero-order valence-corrected chi connectivity index (χ0v) is 16.4. The third kappa shape index (κ3) is 4.16. The topological polar surface area (TPSA) is 68.5 Å². The van der Waals surface area contributed by atoms with Crippen molar-refractivity contribution in [3.63, 3.8) is 0 Å². The van der Waals surface area contributed by atoms with E-state index in [2.05, 4.69) is 5.32 Å². The molecule has 0 unspecified atom stereocenters. The number of amides is 1. The molecule has 3 aromatic carbocycles. The summed E-state index contributed by atoms with van der Waals surface area (Å²) in [4.78, 5) is 25.8. The fourth-order valence-corrected chi connectivity index (χ4v) is 3.07. The molecule has 4 rings (SSSR count). The van der Waals surface area contributed by atoms with Crippen molar-refractivity contribution in [2.24, 2.45) is 0 Å². The van der Waals surface area contributed by atoms with Crippen molar-refractivity contribution in [2.45, 2.75) is 13.0 Å². The highest BCUT2D eigenvalue weighted by molar-refractivity contribution is 6.17. The van der Waals surface area contributed by atoms with Crippen molar-refractivity contribution in [1.82, 2.24) is 0 Å². The van der Waals surface area contributed by atoms with E-state index in [-0.39, 0.29) is 22.8 Å². The molecule has 0 saturated heterocycles. The number of fused-ring (bicyclic) bond motifs is 1. The normalized spacial score (nSPS) is 11.8. The average Bonchev–Trinajstić information content (AvgIpc) is 3.13. The Balaban J connectivity index is 1.65. The van der Waals surface area contributed by atoms with Crippen LogP contribution in [0.15, 0.2) is 77.2 Å². The summed E-state index contributed by atoms with van der Waals surface area (Å²) >= 11 is 0. The number of benzene rings is 3. The van der Waals surface area contributed by atoms with Crippen molar-refractivity contribution < 1.29 is 27.5 Å². The van der Waals surface area contributed by atoms with E-state index in [0.29, 0.717) is 11.0 Å². The molecule has 156 valence electrons. The maximum Gasteiger partial charge on any atom is 0.265 e. The molecule has 0 bridgehead atoms. The molecule has 0 spiro atoms. The first-order valence-corrected chi connectivity index (χ1v) is 9.48. The Kier molecular flexibility index (Phi) is 5.49. The number of para-hydroxylation sites is 2. The van der Waals surface area contributed by atoms with E-state index in [1.807, 2.05) is 0 Å². The van der Waals surface area contributed by atoms with Crippen molar-refractivity contribution in [1.29, 1.82) is 0 Å². The van der Waals surface area contributed by atoms with Crippen LogP contribution in [0.5, 0.6) is 5.75 Å². The number of carbonyl (C=O) groups excluding carboxylic acids is 2. The number of rotatable bonds is 6. The third-order valence-corrected chi connectivity index (χ3v) is 4.67. The van der Waals surface area contributed by atoms with E-state index in [4.69, 9.17) is 9.15 Å². The molecule has 0 radical (unpaired) electrons. The molecule has 1 heterocycles. The van der Waals surface area contributed by atoms with Gasteiger partial charge in [0.15, 0.2) is 23.4 Å². The van der Waals surface area contributed by atoms with Gasteiger partial charge in [0.25, 0.3) is 5.91 Å². The quantitative estimate of drug-likeness (QED) is 0.426. The highest BCUT2D eigenvalue weighted by Crippen LogP contribution is 2.33. The zero-order valence-electron chi connectivity index (χ0n) is 16.4. The van der Waals surface area contributed by atoms with Crippen molar-refractivity contribution in [3.8, 4) is 5.75 Å². The van der Waals surface area contributed by atoms with E-state index < -0.39 is 29.4 Å². The van der Waals surface area contributed by atoms with Gasteiger partial charge in [0.2, 0.25) is 5.78 Å². The number of halogens is 2. The van der Waals surface area contributed by atoms with E-state index in [1.165, 1.54) is 49.4 Å². The van der Waals surface area contributed by atoms with Crippen molar-refractivity contribution in [2.75, 3.05) is 5.32 Å². The largest absolute Gasteiger partial charge is 0.478 e. The first-order valence-electron chi connectivity index (χ1n) is 9.48. The number of carbonyl (C=O) groups is 2. The van der Waals surface area contributed by atoms with Crippen LogP contribution in [0.25, 0.3) is 11.0 Å². The fraction of sp³-hybridized carbons (Fsp3) is 0.0833. The zero-order chi connectivity index (χ0) is 22.0. The van der Waals surface area contributed by atoms with Crippen LogP contribution in [-0.4, -0.2) is 17.8 Å². The van der Waals surface area contributed by atoms with Crippen LogP contribution >= 0.6 is 0 Å². The van der Waals surface area contributed by atoms with Gasteiger partial charge in [-0.2, -0.15) is 0 Å². The predicted molar refractivity (Wildman–Crippen MR) is 111 cm³/mol. The Morgan fingerprint density at radius 2 is 1.61 bits per heavy atom. The van der Waals surface area contributed by atoms with Gasteiger partial charge in [0.05, 0.1) is 5.69 Å². The van der Waals surface area contributed by atoms with Gasteiger partial charge in [-0.1, -0.05) is 24.3 Å². The van der Waals surface area contributed by atoms with Gasteiger partial charge in [-0.15, -0.1) is 0 Å². The molecule has 1 amide bonds. The van der Waals surface area contributed by atoms with Gasteiger partial charge >= 0.3 is 0 Å². The number of ketones is 1. The van der Waals surface area contributed by atoms with Crippen LogP contribution in [0.2, 0.25) is 0 Å². The standard InChI is InChI=1S/C24H17F2NO4/c1-14(30-20-9-5-3-7-18(20)26)24(29)27-21-17-6-2-4-8-19(17)31-23(21)22(28)15-10-12-16(25)13-11-15/h2-14H,1H3,(H,27,29)/t14-/m0/s1. The highest BCUT2D eigenvalue weighted by Gasteiger charge is 2.25. The molecule has 0 aliphatic heterocycles. The third-order valence-electron chi connectivity index (χ3n) is 4.67. The highest BCUT2D eigenvalue weighted by atomic mass is 19.1. The number of hydrogen-bond acceptors (Lipinski definition) is 4. The maximum atomic E-state index is 13.8. The van der Waals surface area contributed by atoms with Gasteiger partial charge in [-0.3, -0.25) is 9.59 Å². The minimum Gasteiger partial charge on any atom is -0.478 e. The molecule has 0 fully saturated rings. The monoisotopic (exact) mass is 421 g/mol. The summed E-state index contributed by atoms with van der Waals surface area (Å²) in [5, 5.41) is 3.17. The number of nitrogens with one attached hydrogen (secondary N) is 1. The molecule has 0 saturated carbocycles. The van der Waals surface area contributed by atoms with Gasteiger partial charge in [0, 0.05) is 10.9 Å². The summed E-state index contributed by atoms with van der Waals surface area (Å²) in [5.41, 5.74) is 0.761. The second-order valence-electron chi connectivity index (χ2n) is 6.82. The van der Waals surface area contributed by atoms with E-state index in [0.717, 1.165) is 0 Å². The summed E-state index contributed by atoms with van der Waals surface area (Å²) in [7, 11) is 0. The second-order valence-corrected chi connectivity index (χ2v) is 6.82. The summed E-state index contributed by atoms with van der Waals surface area (Å²) in [5.74, 6) is -2.35. The SMILES string of the molecule is C[C@H](Oc1ccccc1F)C(=O)Nc1c(C(=O)c2ccc(F)cc2)oc2ccccc12. The van der Waals surface area contributed by atoms with Gasteiger partial charge in [0.1, 0.15) is 11.4 Å². The van der Waals surface area contributed by atoms with Gasteiger partial charge in [-0.25, -0.2) is 8.78 Å². The van der Waals surface area contributed by atoms with Crippen LogP contribution in [0.1, 0.15) is 23.0 Å². The Bertz CT molecular complexity index is 1260. The summed E-state index contributed by atoms with van der Waals surface area (Å²) in [6.45, 7) is 1.46. The van der Waals surface area contributed by atoms with Crippen LogP contribution in [0.3, 0.4) is 0 Å². The molecular weight excluding hydrogens is 404 g/mol. The predicted octanol–water partition coefficient (Wildman–Crippen LogP) is 5.35. The Labute approximate surface area is 176 Å². The van der Waals surface area contributed by atoms with E-state index in [1.54, 1.807) is 30.3 Å². The Morgan fingerprint density at radius 1 is 0.935 bits per heavy atom. The van der Waals surface area contributed by atoms with Gasteiger partial charge < -0.3 is 14.5 Å². The second kappa shape index (κ2) is 8.39. The van der Waals surface area contributed by atoms with Crippen molar-refractivity contribution >= 4 is 28.3 Å². The number of furan rings is 1. The summed E-state index contributed by atoms with van der Waals surface area (Å²) in [6.07, 6.45) is -1.06. The minimum absolute atomic E-state index is 0.0650. The smallest absolute Gasteiger partial charge is 0.265 e. The molecular formula is C24H17F2NO4. The first kappa shape index (κ1) is 20.3. The molecule has 0 aliphatic rings. The van der Waals surface area contributed by atoms with Crippen LogP contribution in [0, 0.1) is 11.6 Å². The van der Waals surface area contributed by atoms with E-state index >= 15 is 0 Å². The lowest BCUT2D eigenvalue weighted by Gasteiger charge is -2.15. The minimum atomic E-state index is -1.06. The number of anilines is 1. The molecule has 1 aromatic heterocycles. The lowest BCUT2D eigenvalue weighted by Crippen LogP contribution is -2.30. The molecule has 0 aliphatic carbocycles. The molecule has 5 nitrogen and oxygen atoms in total. The maximum absolute atomic E-state index is 13.8. The molecule has 1 N–H and O–H groups in total. The van der Waals surface area contributed by atoms with Crippen LogP contribution in [0.4, 0.5) is 14.5 Å². The Morgan fingerprint density at radius 3 is 2.35 bits per heavy atom. The van der Waals surface area contributed by atoms with Crippen LogP contribution < -0.4 is 10.1 Å². The lowest BCUT2D eigenvalue weighted by atomic mass is 10.1. The molecule has 7 heteroatoms. The summed E-state index contributed by atoms with van der Waals surface area (Å²) in [6, 6.07) is 17.6. The van der Waals surface area contributed by atoms with Crippen molar-refractivity contribution in [3.05, 3.63) is 95.8 Å². The number of hydrogen-bond donors (Lipinski definition) is 1. The Hall–Kier alpha value is -4.00. The van der Waals surface area contributed by atoms with E-state index in [9.17, 15) is 18.4 Å². The molecule has 31 heavy (non-hydrogen) atoms. The summed E-state index contributed by atoms with van der Waals surface area (Å²) < 4.78 is 38.2. The average molecular weight is 421 g/mol. The fourth-order valence-electron chi connectivity index (χ4n) is 3.07. The van der Waals surface area contributed by atoms with Gasteiger partial charge in [-0.05, 0) is 55.5 Å². The first-order chi connectivity index (χ1) is 14.9. The molecule has 4 aromatic rings. The lowest BCUT2D eigenvalue weighted by molar-refractivity contribution is -0.122. The van der Waals surface area contributed by atoms with Crippen LogP contribution in [-0.2, 0) is 4.79 Å².